The van der Waals surface area contributed by atoms with Crippen molar-refractivity contribution in [3.63, 3.8) is 0 Å². The number of nitriles is 2. The van der Waals surface area contributed by atoms with Crippen molar-refractivity contribution < 1.29 is 0 Å². The van der Waals surface area contributed by atoms with E-state index < -0.39 is 0 Å². The molecular weight excluding hydrogens is 412 g/mol. The van der Waals surface area contributed by atoms with E-state index in [-0.39, 0.29) is 0 Å². The molecule has 0 bridgehead atoms. The van der Waals surface area contributed by atoms with E-state index in [1.54, 1.807) is 0 Å². The van der Waals surface area contributed by atoms with E-state index in [0.29, 0.717) is 11.1 Å². The van der Waals surface area contributed by atoms with Gasteiger partial charge >= 0.3 is 0 Å². The van der Waals surface area contributed by atoms with Crippen LogP contribution in [0.3, 0.4) is 0 Å². The molecule has 0 saturated carbocycles. The van der Waals surface area contributed by atoms with Crippen molar-refractivity contribution in [2.24, 2.45) is 0 Å². The normalized spacial score (nSPS) is 11.8. The summed E-state index contributed by atoms with van der Waals surface area (Å²) in [5, 5.41) is 24.3. The Bertz CT molecular complexity index is 1540. The lowest BCUT2D eigenvalue weighted by atomic mass is 9.94. The number of fused-ring (bicyclic) bond motifs is 2. The van der Waals surface area contributed by atoms with Crippen molar-refractivity contribution in [1.82, 2.24) is 0 Å². The maximum Gasteiger partial charge on any atom is 0.0998 e. The van der Waals surface area contributed by atoms with E-state index in [2.05, 4.69) is 12.1 Å². The molecule has 34 heavy (non-hydrogen) atoms. The van der Waals surface area contributed by atoms with Crippen LogP contribution in [0.1, 0.15) is 22.3 Å². The molecule has 0 N–H and O–H groups in total. The maximum absolute atomic E-state index is 10.0. The molecular formula is C32H20N2. The first-order valence-electron chi connectivity index (χ1n) is 11.1. The van der Waals surface area contributed by atoms with Gasteiger partial charge in [0.1, 0.15) is 0 Å². The van der Waals surface area contributed by atoms with Crippen LogP contribution in [0.2, 0.25) is 0 Å². The van der Waals surface area contributed by atoms with Gasteiger partial charge in [-0.25, -0.2) is 0 Å². The standard InChI is InChI=1S/C32H20N2/c33-21-27(31-17-7-13-23-9-3-5-15-29(23)31)19-25-11-1-2-12-26(25)20-28(22-34)32-18-8-14-24-10-4-6-16-30(24)32/h1-20H/b27-19+,28-20+. The summed E-state index contributed by atoms with van der Waals surface area (Å²) in [6.07, 6.45) is 3.82. The molecule has 0 saturated heterocycles. The van der Waals surface area contributed by atoms with Gasteiger partial charge in [0.15, 0.2) is 0 Å². The van der Waals surface area contributed by atoms with Crippen molar-refractivity contribution in [1.29, 1.82) is 10.5 Å². The molecule has 0 spiro atoms. The molecule has 5 aromatic carbocycles. The fourth-order valence-electron chi connectivity index (χ4n) is 4.35. The van der Waals surface area contributed by atoms with E-state index >= 15 is 0 Å². The SMILES string of the molecule is N#C/C(=C\c1ccccc1/C=C(\C#N)c1cccc2ccccc12)c1cccc2ccccc12. The third-order valence-electron chi connectivity index (χ3n) is 6.00. The lowest BCUT2D eigenvalue weighted by Crippen LogP contribution is -1.89. The lowest BCUT2D eigenvalue weighted by Gasteiger charge is -2.08. The fourth-order valence-corrected chi connectivity index (χ4v) is 4.35. The van der Waals surface area contributed by atoms with Gasteiger partial charge in [-0.15, -0.1) is 0 Å². The van der Waals surface area contributed by atoms with E-state index in [1.165, 1.54) is 0 Å². The first-order chi connectivity index (χ1) is 16.8. The Balaban J connectivity index is 1.65. The number of rotatable bonds is 4. The number of nitrogens with zero attached hydrogens (tertiary/aromatic N) is 2. The van der Waals surface area contributed by atoms with Gasteiger partial charge in [0, 0.05) is 11.1 Å². The van der Waals surface area contributed by atoms with Gasteiger partial charge in [-0.1, -0.05) is 109 Å². The van der Waals surface area contributed by atoms with Gasteiger partial charge in [-0.2, -0.15) is 10.5 Å². The zero-order valence-corrected chi connectivity index (χ0v) is 18.4. The highest BCUT2D eigenvalue weighted by Crippen LogP contribution is 2.30. The Hall–Kier alpha value is -4.92. The largest absolute Gasteiger partial charge is 0.192 e. The van der Waals surface area contributed by atoms with E-state index in [0.717, 1.165) is 43.8 Å². The molecule has 0 fully saturated rings. The second kappa shape index (κ2) is 9.29. The minimum atomic E-state index is 0.585. The summed E-state index contributed by atoms with van der Waals surface area (Å²) in [7, 11) is 0. The molecule has 0 aliphatic rings. The summed E-state index contributed by atoms with van der Waals surface area (Å²) >= 11 is 0. The van der Waals surface area contributed by atoms with Crippen LogP contribution in [-0.4, -0.2) is 0 Å². The topological polar surface area (TPSA) is 47.6 Å². The molecule has 0 atom stereocenters. The molecule has 2 nitrogen and oxygen atoms in total. The summed E-state index contributed by atoms with van der Waals surface area (Å²) in [6, 6.07) is 40.8. The average Bonchev–Trinajstić information content (AvgIpc) is 2.90. The molecule has 2 heteroatoms. The smallest absolute Gasteiger partial charge is 0.0998 e. The van der Waals surface area contributed by atoms with Gasteiger partial charge in [0.05, 0.1) is 23.3 Å². The summed E-state index contributed by atoms with van der Waals surface area (Å²) in [4.78, 5) is 0. The zero-order valence-electron chi connectivity index (χ0n) is 18.4. The van der Waals surface area contributed by atoms with E-state index in [4.69, 9.17) is 0 Å². The minimum Gasteiger partial charge on any atom is -0.192 e. The van der Waals surface area contributed by atoms with Crippen LogP contribution in [0, 0.1) is 22.7 Å². The Morgan fingerprint density at radius 2 is 0.853 bits per heavy atom. The molecule has 0 amide bonds. The molecule has 0 unspecified atom stereocenters. The number of benzene rings is 5. The fraction of sp³-hybridized carbons (Fsp3) is 0. The van der Waals surface area contributed by atoms with Crippen LogP contribution in [0.15, 0.2) is 109 Å². The molecule has 0 heterocycles. The average molecular weight is 433 g/mol. The van der Waals surface area contributed by atoms with Gasteiger partial charge < -0.3 is 0 Å². The molecule has 158 valence electrons. The Labute approximate surface area is 199 Å². The van der Waals surface area contributed by atoms with E-state index in [1.807, 2.05) is 121 Å². The Morgan fingerprint density at radius 3 is 1.29 bits per heavy atom. The zero-order chi connectivity index (χ0) is 23.3. The number of hydrogen-bond acceptors (Lipinski definition) is 2. The summed E-state index contributed by atoms with van der Waals surface area (Å²) in [5.74, 6) is 0. The summed E-state index contributed by atoms with van der Waals surface area (Å²) < 4.78 is 0. The predicted molar refractivity (Wildman–Crippen MR) is 141 cm³/mol. The third-order valence-corrected chi connectivity index (χ3v) is 6.00. The highest BCUT2D eigenvalue weighted by Gasteiger charge is 2.10. The Morgan fingerprint density at radius 1 is 0.471 bits per heavy atom. The molecule has 0 aliphatic heterocycles. The first-order valence-corrected chi connectivity index (χ1v) is 11.1. The van der Waals surface area contributed by atoms with Gasteiger partial charge in [0.2, 0.25) is 0 Å². The third kappa shape index (κ3) is 3.97. The van der Waals surface area contributed by atoms with Crippen LogP contribution in [0.25, 0.3) is 44.8 Å². The summed E-state index contributed by atoms with van der Waals surface area (Å²) in [5.41, 5.74) is 4.74. The Kier molecular flexibility index (Phi) is 5.73. The van der Waals surface area contributed by atoms with Crippen molar-refractivity contribution in [3.8, 4) is 12.1 Å². The quantitative estimate of drug-likeness (QED) is 0.213. The van der Waals surface area contributed by atoms with Crippen LogP contribution in [0.5, 0.6) is 0 Å². The number of hydrogen-bond donors (Lipinski definition) is 0. The molecule has 5 rings (SSSR count). The van der Waals surface area contributed by atoms with Crippen LogP contribution in [-0.2, 0) is 0 Å². The highest BCUT2D eigenvalue weighted by atomic mass is 14.3. The monoisotopic (exact) mass is 432 g/mol. The second-order valence-electron chi connectivity index (χ2n) is 8.02. The van der Waals surface area contributed by atoms with Crippen LogP contribution >= 0.6 is 0 Å². The highest BCUT2D eigenvalue weighted by molar-refractivity contribution is 6.04. The number of allylic oxidation sites excluding steroid dienone is 2. The van der Waals surface area contributed by atoms with Crippen molar-refractivity contribution >= 4 is 44.8 Å². The van der Waals surface area contributed by atoms with E-state index in [9.17, 15) is 10.5 Å². The maximum atomic E-state index is 10.0. The van der Waals surface area contributed by atoms with Crippen molar-refractivity contribution in [2.75, 3.05) is 0 Å². The van der Waals surface area contributed by atoms with Crippen LogP contribution in [0.4, 0.5) is 0 Å². The summed E-state index contributed by atoms with van der Waals surface area (Å²) in [6.45, 7) is 0. The van der Waals surface area contributed by atoms with Gasteiger partial charge in [-0.05, 0) is 44.8 Å². The molecule has 0 aliphatic carbocycles. The minimum absolute atomic E-state index is 0.585. The van der Waals surface area contributed by atoms with Gasteiger partial charge in [-0.3, -0.25) is 0 Å². The van der Waals surface area contributed by atoms with Crippen molar-refractivity contribution in [3.05, 3.63) is 131 Å². The van der Waals surface area contributed by atoms with Crippen LogP contribution < -0.4 is 0 Å². The van der Waals surface area contributed by atoms with Crippen molar-refractivity contribution in [2.45, 2.75) is 0 Å². The predicted octanol–water partition coefficient (Wildman–Crippen LogP) is 8.12. The van der Waals surface area contributed by atoms with Gasteiger partial charge in [0.25, 0.3) is 0 Å². The molecule has 5 aromatic rings. The molecule has 0 radical (unpaired) electrons. The second-order valence-corrected chi connectivity index (χ2v) is 8.02. The molecule has 0 aromatic heterocycles. The first kappa shape index (κ1) is 21.0. The lowest BCUT2D eigenvalue weighted by molar-refractivity contribution is 1.52.